The van der Waals surface area contributed by atoms with Crippen molar-refractivity contribution in [2.24, 2.45) is 4.99 Å². The van der Waals surface area contributed by atoms with Crippen LogP contribution < -0.4 is 5.73 Å². The summed E-state index contributed by atoms with van der Waals surface area (Å²) >= 11 is 0. The molecule has 0 aliphatic heterocycles. The van der Waals surface area contributed by atoms with E-state index in [1.807, 2.05) is 32.0 Å². The minimum atomic E-state index is 0.730. The summed E-state index contributed by atoms with van der Waals surface area (Å²) in [5, 5.41) is 0. The number of nitrogens with zero attached hydrogens (tertiary/aromatic N) is 1. The highest BCUT2D eigenvalue weighted by Crippen LogP contribution is 2.21. The Labute approximate surface area is 66.8 Å². The maximum absolute atomic E-state index is 5.66. The zero-order chi connectivity index (χ0) is 8.27. The van der Waals surface area contributed by atoms with Gasteiger partial charge in [-0.15, -0.1) is 0 Å². The Morgan fingerprint density at radius 2 is 2.18 bits per heavy atom. The van der Waals surface area contributed by atoms with E-state index in [2.05, 4.69) is 4.99 Å². The lowest BCUT2D eigenvalue weighted by Gasteiger charge is -1.99. The van der Waals surface area contributed by atoms with E-state index < -0.39 is 0 Å². The van der Waals surface area contributed by atoms with Crippen molar-refractivity contribution >= 4 is 17.6 Å². The predicted octanol–water partition coefficient (Wildman–Crippen LogP) is 2.30. The topological polar surface area (TPSA) is 38.4 Å². The van der Waals surface area contributed by atoms with E-state index in [-0.39, 0.29) is 0 Å². The third kappa shape index (κ3) is 1.80. The molecule has 0 amide bonds. The van der Waals surface area contributed by atoms with Crippen LogP contribution in [0.3, 0.4) is 0 Å². The molecule has 11 heavy (non-hydrogen) atoms. The normalized spacial score (nSPS) is 10.7. The van der Waals surface area contributed by atoms with Gasteiger partial charge in [0, 0.05) is 6.21 Å². The van der Waals surface area contributed by atoms with Crippen LogP contribution in [-0.2, 0) is 0 Å². The van der Waals surface area contributed by atoms with Gasteiger partial charge < -0.3 is 5.73 Å². The van der Waals surface area contributed by atoms with E-state index in [4.69, 9.17) is 5.73 Å². The van der Waals surface area contributed by atoms with Gasteiger partial charge in [0.15, 0.2) is 0 Å². The molecule has 0 aromatic heterocycles. The molecule has 1 rings (SSSR count). The number of nitrogens with two attached hydrogens (primary N) is 1. The monoisotopic (exact) mass is 148 g/mol. The van der Waals surface area contributed by atoms with Crippen LogP contribution in [0.25, 0.3) is 0 Å². The molecule has 58 valence electrons. The maximum atomic E-state index is 5.66. The minimum Gasteiger partial charge on any atom is -0.397 e. The molecule has 1 aromatic carbocycles. The van der Waals surface area contributed by atoms with Crippen LogP contribution in [0.4, 0.5) is 11.4 Å². The molecule has 2 N–H and O–H groups in total. The second kappa shape index (κ2) is 3.19. The van der Waals surface area contributed by atoms with Crippen LogP contribution >= 0.6 is 0 Å². The summed E-state index contributed by atoms with van der Waals surface area (Å²) in [5.41, 5.74) is 8.43. The first-order valence-electron chi connectivity index (χ1n) is 3.59. The van der Waals surface area contributed by atoms with Crippen molar-refractivity contribution in [1.82, 2.24) is 0 Å². The summed E-state index contributed by atoms with van der Waals surface area (Å²) < 4.78 is 0. The number of hydrogen-bond acceptors (Lipinski definition) is 2. The van der Waals surface area contributed by atoms with E-state index >= 15 is 0 Å². The summed E-state index contributed by atoms with van der Waals surface area (Å²) in [6.07, 6.45) is 1.74. The van der Waals surface area contributed by atoms with E-state index in [0.29, 0.717) is 0 Å². The molecule has 0 radical (unpaired) electrons. The van der Waals surface area contributed by atoms with Crippen LogP contribution in [0.2, 0.25) is 0 Å². The first-order valence-corrected chi connectivity index (χ1v) is 3.59. The third-order valence-corrected chi connectivity index (χ3v) is 1.45. The van der Waals surface area contributed by atoms with Gasteiger partial charge >= 0.3 is 0 Å². The Morgan fingerprint density at radius 3 is 2.82 bits per heavy atom. The lowest BCUT2D eigenvalue weighted by Crippen LogP contribution is -1.85. The van der Waals surface area contributed by atoms with E-state index in [1.54, 1.807) is 6.21 Å². The molecule has 0 heterocycles. The zero-order valence-corrected chi connectivity index (χ0v) is 6.83. The largest absolute Gasteiger partial charge is 0.397 e. The summed E-state index contributed by atoms with van der Waals surface area (Å²) in [6, 6.07) is 5.82. The van der Waals surface area contributed by atoms with E-state index in [0.717, 1.165) is 11.4 Å². The highest BCUT2D eigenvalue weighted by atomic mass is 14.8. The highest BCUT2D eigenvalue weighted by Gasteiger charge is 1.94. The summed E-state index contributed by atoms with van der Waals surface area (Å²) in [6.45, 7) is 3.90. The van der Waals surface area contributed by atoms with Gasteiger partial charge in [-0.2, -0.15) is 0 Å². The van der Waals surface area contributed by atoms with Crippen molar-refractivity contribution < 1.29 is 0 Å². The Morgan fingerprint density at radius 1 is 1.45 bits per heavy atom. The van der Waals surface area contributed by atoms with Gasteiger partial charge in [0.2, 0.25) is 0 Å². The maximum Gasteiger partial charge on any atom is 0.0857 e. The number of anilines is 1. The van der Waals surface area contributed by atoms with Gasteiger partial charge in [-0.3, -0.25) is 4.99 Å². The molecule has 0 atom stereocenters. The molecule has 0 bridgehead atoms. The molecule has 0 aliphatic rings. The van der Waals surface area contributed by atoms with Gasteiger partial charge in [-0.05, 0) is 31.5 Å². The molecule has 0 unspecified atom stereocenters. The van der Waals surface area contributed by atoms with Crippen molar-refractivity contribution in [2.45, 2.75) is 13.8 Å². The minimum absolute atomic E-state index is 0.730. The second-order valence-electron chi connectivity index (χ2n) is 2.45. The molecule has 2 nitrogen and oxygen atoms in total. The summed E-state index contributed by atoms with van der Waals surface area (Å²) in [7, 11) is 0. The lowest BCUT2D eigenvalue weighted by atomic mass is 10.2. The molecule has 2 heteroatoms. The molecule has 0 saturated heterocycles. The van der Waals surface area contributed by atoms with Gasteiger partial charge in [0.05, 0.1) is 11.4 Å². The number of aryl methyl sites for hydroxylation is 1. The smallest absolute Gasteiger partial charge is 0.0857 e. The number of rotatable bonds is 1. The fraction of sp³-hybridized carbons (Fsp3) is 0.222. The van der Waals surface area contributed by atoms with Crippen LogP contribution in [0.1, 0.15) is 12.5 Å². The highest BCUT2D eigenvalue weighted by molar-refractivity contribution is 5.70. The van der Waals surface area contributed by atoms with Crippen LogP contribution in [0.15, 0.2) is 23.2 Å². The second-order valence-corrected chi connectivity index (χ2v) is 2.45. The number of nitrogen functional groups attached to an aromatic ring is 1. The van der Waals surface area contributed by atoms with Crippen molar-refractivity contribution in [3.8, 4) is 0 Å². The van der Waals surface area contributed by atoms with Crippen LogP contribution in [0, 0.1) is 6.92 Å². The Kier molecular flexibility index (Phi) is 2.26. The molecular weight excluding hydrogens is 136 g/mol. The van der Waals surface area contributed by atoms with Gasteiger partial charge in [-0.1, -0.05) is 6.07 Å². The SMILES string of the molecule is C/C=N\c1cc(C)ccc1N. The van der Waals surface area contributed by atoms with E-state index in [9.17, 15) is 0 Å². The van der Waals surface area contributed by atoms with E-state index in [1.165, 1.54) is 5.56 Å². The number of hydrogen-bond donors (Lipinski definition) is 1. The van der Waals surface area contributed by atoms with Gasteiger partial charge in [0.25, 0.3) is 0 Å². The Hall–Kier alpha value is -1.31. The van der Waals surface area contributed by atoms with Gasteiger partial charge in [-0.25, -0.2) is 0 Å². The average molecular weight is 148 g/mol. The number of benzene rings is 1. The molecule has 0 fully saturated rings. The summed E-state index contributed by atoms with van der Waals surface area (Å²) in [4.78, 5) is 4.12. The quantitative estimate of drug-likeness (QED) is 0.481. The zero-order valence-electron chi connectivity index (χ0n) is 6.83. The van der Waals surface area contributed by atoms with Gasteiger partial charge in [0.1, 0.15) is 0 Å². The van der Waals surface area contributed by atoms with Crippen molar-refractivity contribution in [1.29, 1.82) is 0 Å². The standard InChI is InChI=1S/C9H12N2/c1-3-11-9-6-7(2)4-5-8(9)10/h3-6H,10H2,1-2H3/b11-3-. The fourth-order valence-corrected chi connectivity index (χ4v) is 0.905. The Balaban J connectivity index is 3.12. The van der Waals surface area contributed by atoms with Crippen molar-refractivity contribution in [3.63, 3.8) is 0 Å². The summed E-state index contributed by atoms with van der Waals surface area (Å²) in [5.74, 6) is 0. The molecule has 0 saturated carbocycles. The lowest BCUT2D eigenvalue weighted by molar-refractivity contribution is 1.43. The first-order chi connectivity index (χ1) is 5.24. The molecule has 0 spiro atoms. The third-order valence-electron chi connectivity index (χ3n) is 1.45. The van der Waals surface area contributed by atoms with Crippen molar-refractivity contribution in [2.75, 3.05) is 5.73 Å². The predicted molar refractivity (Wildman–Crippen MR) is 49.4 cm³/mol. The fourth-order valence-electron chi connectivity index (χ4n) is 0.905. The van der Waals surface area contributed by atoms with Crippen molar-refractivity contribution in [3.05, 3.63) is 23.8 Å². The molecular formula is C9H12N2. The van der Waals surface area contributed by atoms with Crippen LogP contribution in [0.5, 0.6) is 0 Å². The van der Waals surface area contributed by atoms with Crippen LogP contribution in [-0.4, -0.2) is 6.21 Å². The number of aliphatic imine (C=N–C) groups is 1. The first kappa shape index (κ1) is 7.79. The molecule has 1 aromatic rings. The average Bonchev–Trinajstić information content (AvgIpc) is 1.98. The molecule has 0 aliphatic carbocycles. The Bertz CT molecular complexity index is 277.